The van der Waals surface area contributed by atoms with Gasteiger partial charge in [-0.15, -0.1) is 0 Å². The van der Waals surface area contributed by atoms with Crippen LogP contribution < -0.4 is 0 Å². The summed E-state index contributed by atoms with van der Waals surface area (Å²) in [6.07, 6.45) is 2.34. The highest BCUT2D eigenvalue weighted by Crippen LogP contribution is 2.17. The maximum Gasteiger partial charge on any atom is 0.306 e. The lowest BCUT2D eigenvalue weighted by Gasteiger charge is -2.35. The highest BCUT2D eigenvalue weighted by molar-refractivity contribution is 5.20. The van der Waals surface area contributed by atoms with Crippen molar-refractivity contribution < 1.29 is 15.1 Å². The van der Waals surface area contributed by atoms with Crippen LogP contribution in [0.5, 0.6) is 0 Å². The Morgan fingerprint density at radius 2 is 2.35 bits per heavy atom. The van der Waals surface area contributed by atoms with Crippen molar-refractivity contribution in [1.29, 1.82) is 0 Å². The van der Waals surface area contributed by atoms with E-state index in [0.29, 0.717) is 13.1 Å². The minimum absolute atomic E-state index is 0.0839. The first kappa shape index (κ1) is 14.9. The highest BCUT2D eigenvalue weighted by atomic mass is 16.6. The van der Waals surface area contributed by atoms with Crippen LogP contribution in [-0.2, 0) is 6.54 Å². The molecular formula is C12H20N4O4. The number of nitro groups is 1. The first-order chi connectivity index (χ1) is 9.45. The van der Waals surface area contributed by atoms with Crippen molar-refractivity contribution in [2.45, 2.75) is 32.1 Å². The van der Waals surface area contributed by atoms with Gasteiger partial charge in [-0.3, -0.25) is 19.7 Å². The SMILES string of the molecule is CC1CCN(CC(O)Cn2cc([N+](=O)[O-])cn2)CC1O. The van der Waals surface area contributed by atoms with Crippen LogP contribution in [-0.4, -0.2) is 61.7 Å². The van der Waals surface area contributed by atoms with E-state index in [0.717, 1.165) is 13.0 Å². The Labute approximate surface area is 116 Å². The smallest absolute Gasteiger partial charge is 0.306 e. The number of aliphatic hydroxyl groups excluding tert-OH is 2. The number of aliphatic hydroxyl groups is 2. The summed E-state index contributed by atoms with van der Waals surface area (Å²) < 4.78 is 1.37. The van der Waals surface area contributed by atoms with Crippen LogP contribution in [0.2, 0.25) is 0 Å². The number of likely N-dealkylation sites (tertiary alicyclic amines) is 1. The van der Waals surface area contributed by atoms with Crippen molar-refractivity contribution in [2.75, 3.05) is 19.6 Å². The zero-order valence-electron chi connectivity index (χ0n) is 11.4. The minimum atomic E-state index is -0.671. The van der Waals surface area contributed by atoms with Crippen LogP contribution in [0, 0.1) is 16.0 Å². The number of hydrogen-bond acceptors (Lipinski definition) is 6. The summed E-state index contributed by atoms with van der Waals surface area (Å²) in [4.78, 5) is 12.0. The van der Waals surface area contributed by atoms with Crippen molar-refractivity contribution in [3.05, 3.63) is 22.5 Å². The van der Waals surface area contributed by atoms with Gasteiger partial charge in [0, 0.05) is 13.1 Å². The van der Waals surface area contributed by atoms with E-state index in [2.05, 4.69) is 5.10 Å². The summed E-state index contributed by atoms with van der Waals surface area (Å²) >= 11 is 0. The van der Waals surface area contributed by atoms with Crippen molar-refractivity contribution in [3.8, 4) is 0 Å². The highest BCUT2D eigenvalue weighted by Gasteiger charge is 2.25. The van der Waals surface area contributed by atoms with Crippen molar-refractivity contribution in [1.82, 2.24) is 14.7 Å². The Bertz CT molecular complexity index is 464. The lowest BCUT2D eigenvalue weighted by Crippen LogP contribution is -2.46. The molecule has 0 radical (unpaired) electrons. The molecule has 3 unspecified atom stereocenters. The average Bonchev–Trinajstić information content (AvgIpc) is 2.82. The molecule has 2 rings (SSSR count). The molecule has 1 fully saturated rings. The molecule has 8 heteroatoms. The Kier molecular flexibility index (Phi) is 4.69. The van der Waals surface area contributed by atoms with Gasteiger partial charge in [0.05, 0.1) is 23.7 Å². The fourth-order valence-corrected chi connectivity index (χ4v) is 2.40. The first-order valence-corrected chi connectivity index (χ1v) is 6.71. The van der Waals surface area contributed by atoms with Crippen LogP contribution in [0.25, 0.3) is 0 Å². The molecule has 3 atom stereocenters. The normalized spacial score (nSPS) is 25.6. The van der Waals surface area contributed by atoms with E-state index in [-0.39, 0.29) is 24.3 Å². The fraction of sp³-hybridized carbons (Fsp3) is 0.750. The van der Waals surface area contributed by atoms with Crippen LogP contribution in [0.15, 0.2) is 12.4 Å². The zero-order valence-corrected chi connectivity index (χ0v) is 11.4. The molecule has 1 saturated heterocycles. The van der Waals surface area contributed by atoms with Gasteiger partial charge in [-0.2, -0.15) is 5.10 Å². The third-order valence-electron chi connectivity index (χ3n) is 3.70. The molecule has 112 valence electrons. The van der Waals surface area contributed by atoms with Gasteiger partial charge >= 0.3 is 5.69 Å². The second-order valence-corrected chi connectivity index (χ2v) is 5.42. The van der Waals surface area contributed by atoms with Crippen LogP contribution in [0.3, 0.4) is 0 Å². The molecule has 0 bridgehead atoms. The Morgan fingerprint density at radius 1 is 1.60 bits per heavy atom. The summed E-state index contributed by atoms with van der Waals surface area (Å²) in [5.41, 5.74) is -0.0839. The molecule has 0 amide bonds. The van der Waals surface area contributed by atoms with E-state index in [1.165, 1.54) is 17.1 Å². The molecule has 0 spiro atoms. The Hall–Kier alpha value is -1.51. The van der Waals surface area contributed by atoms with Gasteiger partial charge in [0.2, 0.25) is 0 Å². The van der Waals surface area contributed by atoms with Gasteiger partial charge in [-0.25, -0.2) is 0 Å². The summed E-state index contributed by atoms with van der Waals surface area (Å²) in [5, 5.41) is 34.2. The van der Waals surface area contributed by atoms with E-state index in [1.54, 1.807) is 0 Å². The van der Waals surface area contributed by atoms with Gasteiger partial charge in [0.25, 0.3) is 0 Å². The molecule has 2 N–H and O–H groups in total. The van der Waals surface area contributed by atoms with Gasteiger partial charge in [0.1, 0.15) is 12.4 Å². The fourth-order valence-electron chi connectivity index (χ4n) is 2.40. The van der Waals surface area contributed by atoms with E-state index >= 15 is 0 Å². The van der Waals surface area contributed by atoms with Gasteiger partial charge in [-0.1, -0.05) is 6.92 Å². The van der Waals surface area contributed by atoms with Gasteiger partial charge < -0.3 is 10.2 Å². The van der Waals surface area contributed by atoms with Gasteiger partial charge in [-0.05, 0) is 18.9 Å². The first-order valence-electron chi connectivity index (χ1n) is 6.71. The molecule has 0 aliphatic carbocycles. The third kappa shape index (κ3) is 3.75. The molecule has 2 heterocycles. The number of hydrogen-bond donors (Lipinski definition) is 2. The lowest BCUT2D eigenvalue weighted by molar-refractivity contribution is -0.385. The number of piperidine rings is 1. The molecular weight excluding hydrogens is 264 g/mol. The zero-order chi connectivity index (χ0) is 14.7. The standard InChI is InChI=1S/C12H20N4O4/c1-9-2-3-14(8-12(9)18)6-11(17)7-15-5-10(4-13-15)16(19)20/h4-5,9,11-12,17-18H,2-3,6-8H2,1H3. The Balaban J connectivity index is 1.82. The van der Waals surface area contributed by atoms with E-state index in [1.807, 2.05) is 11.8 Å². The van der Waals surface area contributed by atoms with Crippen molar-refractivity contribution in [2.24, 2.45) is 5.92 Å². The molecule has 8 nitrogen and oxygen atoms in total. The third-order valence-corrected chi connectivity index (χ3v) is 3.70. The largest absolute Gasteiger partial charge is 0.392 e. The second-order valence-electron chi connectivity index (χ2n) is 5.42. The predicted molar refractivity (Wildman–Crippen MR) is 71.1 cm³/mol. The summed E-state index contributed by atoms with van der Waals surface area (Å²) in [7, 11) is 0. The number of rotatable bonds is 5. The molecule has 1 aliphatic rings. The molecule has 20 heavy (non-hydrogen) atoms. The predicted octanol–water partition coefficient (Wildman–Crippen LogP) is -0.145. The molecule has 1 aromatic heterocycles. The molecule has 1 aliphatic heterocycles. The Morgan fingerprint density at radius 3 is 2.95 bits per heavy atom. The van der Waals surface area contributed by atoms with E-state index in [4.69, 9.17) is 0 Å². The topological polar surface area (TPSA) is 105 Å². The van der Waals surface area contributed by atoms with Crippen molar-refractivity contribution in [3.63, 3.8) is 0 Å². The maximum atomic E-state index is 10.5. The molecule has 1 aromatic rings. The number of β-amino-alcohol motifs (C(OH)–C–C–N with tert-alkyl or cyclic N) is 2. The summed E-state index contributed by atoms with van der Waals surface area (Å²) in [6, 6.07) is 0. The summed E-state index contributed by atoms with van der Waals surface area (Å²) in [5.74, 6) is 0.289. The second kappa shape index (κ2) is 6.29. The van der Waals surface area contributed by atoms with Crippen LogP contribution >= 0.6 is 0 Å². The maximum absolute atomic E-state index is 10.5. The number of aromatic nitrogens is 2. The van der Waals surface area contributed by atoms with Gasteiger partial charge in [0.15, 0.2) is 0 Å². The van der Waals surface area contributed by atoms with E-state index in [9.17, 15) is 20.3 Å². The quantitative estimate of drug-likeness (QED) is 0.576. The summed E-state index contributed by atoms with van der Waals surface area (Å²) in [6.45, 7) is 4.04. The van der Waals surface area contributed by atoms with Crippen LogP contribution in [0.1, 0.15) is 13.3 Å². The molecule has 0 aromatic carbocycles. The van der Waals surface area contributed by atoms with Crippen molar-refractivity contribution >= 4 is 5.69 Å². The van der Waals surface area contributed by atoms with Crippen LogP contribution in [0.4, 0.5) is 5.69 Å². The lowest BCUT2D eigenvalue weighted by atomic mass is 9.96. The molecule has 0 saturated carbocycles. The average molecular weight is 284 g/mol. The van der Waals surface area contributed by atoms with E-state index < -0.39 is 11.0 Å². The minimum Gasteiger partial charge on any atom is -0.392 e. The number of nitrogens with zero attached hydrogens (tertiary/aromatic N) is 4. The monoisotopic (exact) mass is 284 g/mol.